The standard InChI is InChI=1S/C23H25N5O2S2/c1-3-12-31-23-27-26-22(32-23)28-16-9-7-10-17(29)20(16)19(15(13-24)21(28)25)14-8-5-6-11-18(14)30-4-2/h5-6,8,11,19H,3-4,7,9-10,12,25H2,1-2H3. The minimum Gasteiger partial charge on any atom is -0.494 e. The van der Waals surface area contributed by atoms with Gasteiger partial charge in [-0.3, -0.25) is 9.69 Å². The number of nitrogens with zero attached hydrogens (tertiary/aromatic N) is 4. The molecule has 2 N–H and O–H groups in total. The van der Waals surface area contributed by atoms with E-state index < -0.39 is 5.92 Å². The number of rotatable bonds is 7. The van der Waals surface area contributed by atoms with Gasteiger partial charge in [0, 0.05) is 29.0 Å². The van der Waals surface area contributed by atoms with Crippen molar-refractivity contribution in [2.45, 2.75) is 49.8 Å². The van der Waals surface area contributed by atoms with Crippen LogP contribution in [-0.4, -0.2) is 28.3 Å². The highest BCUT2D eigenvalue weighted by atomic mass is 32.2. The van der Waals surface area contributed by atoms with Crippen LogP contribution in [0.25, 0.3) is 0 Å². The van der Waals surface area contributed by atoms with Gasteiger partial charge < -0.3 is 10.5 Å². The van der Waals surface area contributed by atoms with Gasteiger partial charge in [0.1, 0.15) is 11.6 Å². The summed E-state index contributed by atoms with van der Waals surface area (Å²) in [6.45, 7) is 4.51. The summed E-state index contributed by atoms with van der Waals surface area (Å²) in [5, 5.41) is 19.4. The number of Topliss-reactive ketones (excluding diaryl/α,β-unsaturated/α-hetero) is 1. The lowest BCUT2D eigenvalue weighted by atomic mass is 9.75. The van der Waals surface area contributed by atoms with Crippen LogP contribution < -0.4 is 15.4 Å². The third-order valence-electron chi connectivity index (χ3n) is 5.46. The number of carbonyl (C=O) groups excluding carboxylic acids is 1. The molecule has 0 saturated carbocycles. The highest BCUT2D eigenvalue weighted by Gasteiger charge is 2.42. The Morgan fingerprint density at radius 1 is 1.31 bits per heavy atom. The van der Waals surface area contributed by atoms with E-state index in [-0.39, 0.29) is 5.78 Å². The fourth-order valence-electron chi connectivity index (χ4n) is 4.16. The van der Waals surface area contributed by atoms with Gasteiger partial charge in [0.15, 0.2) is 10.1 Å². The molecular formula is C23H25N5O2S2. The summed E-state index contributed by atoms with van der Waals surface area (Å²) < 4.78 is 6.69. The number of hydrogen-bond donors (Lipinski definition) is 1. The molecule has 1 aliphatic heterocycles. The number of thioether (sulfide) groups is 1. The SMILES string of the molecule is CCCSc1nnc(N2C(N)=C(C#N)C(c3ccccc3OCC)C3=C2CCCC3=O)s1. The molecule has 0 amide bonds. The number of nitriles is 1. The van der Waals surface area contributed by atoms with E-state index in [1.165, 1.54) is 11.3 Å². The number of anilines is 1. The average Bonchev–Trinajstić information content (AvgIpc) is 3.26. The molecule has 2 aliphatic rings. The Bertz CT molecular complexity index is 1130. The molecule has 7 nitrogen and oxygen atoms in total. The van der Waals surface area contributed by atoms with Gasteiger partial charge in [-0.15, -0.1) is 10.2 Å². The van der Waals surface area contributed by atoms with Gasteiger partial charge in [-0.1, -0.05) is 48.2 Å². The molecule has 0 fully saturated rings. The normalized spacial score (nSPS) is 18.6. The summed E-state index contributed by atoms with van der Waals surface area (Å²) in [7, 11) is 0. The van der Waals surface area contributed by atoms with Gasteiger partial charge >= 0.3 is 0 Å². The summed E-state index contributed by atoms with van der Waals surface area (Å²) in [4.78, 5) is 15.0. The quantitative estimate of drug-likeness (QED) is 0.582. The zero-order valence-corrected chi connectivity index (χ0v) is 19.8. The molecule has 4 rings (SSSR count). The van der Waals surface area contributed by atoms with Crippen molar-refractivity contribution in [1.29, 1.82) is 5.26 Å². The fraction of sp³-hybridized carbons (Fsp3) is 0.391. The summed E-state index contributed by atoms with van der Waals surface area (Å²) in [6, 6.07) is 9.84. The Labute approximate surface area is 196 Å². The second-order valence-electron chi connectivity index (χ2n) is 7.49. The van der Waals surface area contributed by atoms with E-state index in [2.05, 4.69) is 23.2 Å². The van der Waals surface area contributed by atoms with Crippen molar-refractivity contribution >= 4 is 34.0 Å². The minimum atomic E-state index is -0.552. The summed E-state index contributed by atoms with van der Waals surface area (Å²) in [5.41, 5.74) is 9.16. The highest BCUT2D eigenvalue weighted by Crippen LogP contribution is 2.48. The molecule has 1 aromatic heterocycles. The molecule has 0 radical (unpaired) electrons. The van der Waals surface area contributed by atoms with Gasteiger partial charge in [0.05, 0.1) is 24.2 Å². The predicted octanol–water partition coefficient (Wildman–Crippen LogP) is 4.74. The number of hydrogen-bond acceptors (Lipinski definition) is 9. The van der Waals surface area contributed by atoms with Crippen molar-refractivity contribution in [2.75, 3.05) is 17.3 Å². The monoisotopic (exact) mass is 467 g/mol. The van der Waals surface area contributed by atoms with Crippen molar-refractivity contribution in [3.05, 3.63) is 52.5 Å². The van der Waals surface area contributed by atoms with Crippen LogP contribution in [0, 0.1) is 11.3 Å². The van der Waals surface area contributed by atoms with Gasteiger partial charge in [0.2, 0.25) is 5.13 Å². The van der Waals surface area contributed by atoms with Crippen molar-refractivity contribution < 1.29 is 9.53 Å². The van der Waals surface area contributed by atoms with Crippen molar-refractivity contribution in [2.24, 2.45) is 5.73 Å². The van der Waals surface area contributed by atoms with Gasteiger partial charge in [-0.25, -0.2) is 0 Å². The number of carbonyl (C=O) groups is 1. The van der Waals surface area contributed by atoms with E-state index in [9.17, 15) is 10.1 Å². The minimum absolute atomic E-state index is 0.0397. The second-order valence-corrected chi connectivity index (χ2v) is 9.78. The lowest BCUT2D eigenvalue weighted by Crippen LogP contribution is -2.38. The Morgan fingerprint density at radius 2 is 2.12 bits per heavy atom. The van der Waals surface area contributed by atoms with Gasteiger partial charge in [-0.05, 0) is 32.3 Å². The highest BCUT2D eigenvalue weighted by molar-refractivity contribution is 8.01. The number of nitrogens with two attached hydrogens (primary N) is 1. The van der Waals surface area contributed by atoms with Crippen molar-refractivity contribution in [1.82, 2.24) is 10.2 Å². The first-order chi connectivity index (χ1) is 15.6. The van der Waals surface area contributed by atoms with E-state index in [0.29, 0.717) is 47.3 Å². The maximum Gasteiger partial charge on any atom is 0.219 e. The zero-order valence-electron chi connectivity index (χ0n) is 18.1. The molecule has 9 heteroatoms. The van der Waals surface area contributed by atoms with Crippen LogP contribution in [0.3, 0.4) is 0 Å². The topological polar surface area (TPSA) is 105 Å². The summed E-state index contributed by atoms with van der Waals surface area (Å²) in [6.07, 6.45) is 2.91. The average molecular weight is 468 g/mol. The fourth-order valence-corrected chi connectivity index (χ4v) is 5.97. The molecule has 0 spiro atoms. The number of ether oxygens (including phenoxy) is 1. The Hall–Kier alpha value is -2.83. The van der Waals surface area contributed by atoms with E-state index in [1.807, 2.05) is 31.2 Å². The molecule has 1 aliphatic carbocycles. The van der Waals surface area contributed by atoms with Crippen LogP contribution in [0.2, 0.25) is 0 Å². The van der Waals surface area contributed by atoms with E-state index in [1.54, 1.807) is 16.7 Å². The third kappa shape index (κ3) is 4.00. The molecule has 32 heavy (non-hydrogen) atoms. The van der Waals surface area contributed by atoms with Crippen molar-refractivity contribution in [3.63, 3.8) is 0 Å². The van der Waals surface area contributed by atoms with Crippen LogP contribution >= 0.6 is 23.1 Å². The molecule has 0 bridgehead atoms. The number of aromatic nitrogens is 2. The maximum atomic E-state index is 13.2. The van der Waals surface area contributed by atoms with Crippen LogP contribution in [-0.2, 0) is 4.79 Å². The first-order valence-corrected chi connectivity index (χ1v) is 12.5. The third-order valence-corrected chi connectivity index (χ3v) is 7.71. The first-order valence-electron chi connectivity index (χ1n) is 10.7. The number of allylic oxidation sites excluding steroid dienone is 3. The molecule has 2 heterocycles. The molecule has 166 valence electrons. The van der Waals surface area contributed by atoms with Gasteiger partial charge in [-0.2, -0.15) is 5.26 Å². The van der Waals surface area contributed by atoms with Crippen LogP contribution in [0.4, 0.5) is 5.13 Å². The van der Waals surface area contributed by atoms with Gasteiger partial charge in [0.25, 0.3) is 0 Å². The van der Waals surface area contributed by atoms with Crippen LogP contribution in [0.15, 0.2) is 51.3 Å². The summed E-state index contributed by atoms with van der Waals surface area (Å²) >= 11 is 3.08. The molecule has 2 aromatic rings. The van der Waals surface area contributed by atoms with E-state index in [4.69, 9.17) is 10.5 Å². The van der Waals surface area contributed by atoms with Crippen LogP contribution in [0.1, 0.15) is 51.0 Å². The van der Waals surface area contributed by atoms with Crippen LogP contribution in [0.5, 0.6) is 5.75 Å². The second kappa shape index (κ2) is 9.76. The largest absolute Gasteiger partial charge is 0.494 e. The first kappa shape index (κ1) is 22.4. The Kier molecular flexibility index (Phi) is 6.82. The molecule has 1 atom stereocenters. The molecular weight excluding hydrogens is 442 g/mol. The van der Waals surface area contributed by atoms with E-state index in [0.717, 1.165) is 34.2 Å². The Balaban J connectivity index is 1.88. The summed E-state index contributed by atoms with van der Waals surface area (Å²) in [5.74, 6) is 1.40. The maximum absolute atomic E-state index is 13.2. The number of ketones is 1. The Morgan fingerprint density at radius 3 is 2.88 bits per heavy atom. The molecule has 1 aromatic carbocycles. The molecule has 0 saturated heterocycles. The lowest BCUT2D eigenvalue weighted by Gasteiger charge is -2.38. The smallest absolute Gasteiger partial charge is 0.219 e. The lowest BCUT2D eigenvalue weighted by molar-refractivity contribution is -0.116. The van der Waals surface area contributed by atoms with Crippen molar-refractivity contribution in [3.8, 4) is 11.8 Å². The predicted molar refractivity (Wildman–Crippen MR) is 126 cm³/mol. The molecule has 1 unspecified atom stereocenters. The number of para-hydroxylation sites is 1. The zero-order chi connectivity index (χ0) is 22.7. The number of benzene rings is 1. The van der Waals surface area contributed by atoms with E-state index >= 15 is 0 Å².